The Morgan fingerprint density at radius 2 is 0.858 bits per heavy atom. The van der Waals surface area contributed by atoms with E-state index in [-0.39, 0.29) is 49.7 Å². The first-order valence-corrected chi connectivity index (χ1v) is 36.5. The van der Waals surface area contributed by atoms with Gasteiger partial charge in [-0.25, -0.2) is 0 Å². The standard InChI is InChI=1S/C77H110N12O16S/c1-45(2)37-58(87(14)75(101)64(47(5)6)83-67(93)49(9)78)71(97)84-65(51(11)90)76(102)88(15)59(40-53-31-23-18-24-32-53)69(95)79-43-62(91)85(12)61(38-46(3)4)74(100)89(16)66(48(7)8)72(98)81-56(39-52-29-21-17-22-30-52)68(94)82-57(42-63(92)105-106-44-55-35-27-20-28-36-55)73(99)86(13)60(41-54-33-25-19-26-34-54)70(96)80-50(10)77(103)104/h17-36,45-51,56-61,64-66,90H,37-44,78H2,1-16H3,(H,79,95)(H,80,96)(H,81,98)(H,82,94)(H,83,93)(H,84,97)(H,103,104)/t49-,50-,51+,56-,57-,58-,59-,60-,61-,64-,65-,66-/m0/s1. The summed E-state index contributed by atoms with van der Waals surface area (Å²) in [6, 6.07) is 19.9. The molecule has 0 aliphatic heterocycles. The van der Waals surface area contributed by atoms with Gasteiger partial charge in [0.15, 0.2) is 0 Å². The number of aliphatic carboxylic acids is 1. The van der Waals surface area contributed by atoms with Gasteiger partial charge >= 0.3 is 11.9 Å². The molecule has 0 unspecified atom stereocenters. The first-order valence-electron chi connectivity index (χ1n) is 35.6. The molecule has 0 radical (unpaired) electrons. The van der Waals surface area contributed by atoms with E-state index < -0.39 is 174 Å². The molecule has 0 spiro atoms. The van der Waals surface area contributed by atoms with Crippen molar-refractivity contribution in [2.24, 2.45) is 29.4 Å². The molecule has 4 aromatic rings. The molecule has 0 saturated heterocycles. The van der Waals surface area contributed by atoms with E-state index in [2.05, 4.69) is 31.9 Å². The summed E-state index contributed by atoms with van der Waals surface area (Å²) < 4.78 is 5.52. The topological polar surface area (TPSA) is 386 Å². The number of hydrogen-bond donors (Lipinski definition) is 9. The molecule has 0 aromatic heterocycles. The summed E-state index contributed by atoms with van der Waals surface area (Å²) in [5.74, 6) is -12.3. The summed E-state index contributed by atoms with van der Waals surface area (Å²) in [6.07, 6.45) is -2.58. The van der Waals surface area contributed by atoms with Gasteiger partial charge in [0.1, 0.15) is 60.4 Å². The van der Waals surface area contributed by atoms with Gasteiger partial charge in [0.25, 0.3) is 0 Å². The van der Waals surface area contributed by atoms with Crippen LogP contribution in [0.5, 0.6) is 0 Å². The van der Waals surface area contributed by atoms with E-state index in [9.17, 15) is 58.2 Å². The number of carboxylic acids is 1. The third kappa shape index (κ3) is 27.3. The summed E-state index contributed by atoms with van der Waals surface area (Å²) in [7, 11) is 6.71. The molecule has 29 heteroatoms. The second kappa shape index (κ2) is 43.0. The van der Waals surface area contributed by atoms with Crippen molar-refractivity contribution in [1.29, 1.82) is 0 Å². The molecule has 0 fully saturated rings. The fraction of sp³-hybridized carbons (Fsp3) is 0.519. The number of aliphatic hydroxyl groups excluding tert-OH is 1. The highest BCUT2D eigenvalue weighted by Crippen LogP contribution is 2.23. The van der Waals surface area contributed by atoms with Gasteiger partial charge in [0.2, 0.25) is 65.0 Å². The fourth-order valence-electron chi connectivity index (χ4n) is 11.8. The van der Waals surface area contributed by atoms with Crippen molar-refractivity contribution in [2.75, 3.05) is 41.8 Å². The van der Waals surface area contributed by atoms with Gasteiger partial charge in [0.05, 0.1) is 42.9 Å². The second-order valence-electron chi connectivity index (χ2n) is 28.4. The maximum absolute atomic E-state index is 15.1. The van der Waals surface area contributed by atoms with Gasteiger partial charge in [-0.1, -0.05) is 177 Å². The Kier molecular flexibility index (Phi) is 36.0. The number of likely N-dealkylation sites (N-methyl/N-ethyl adjacent to an activating group) is 5. The van der Waals surface area contributed by atoms with Crippen molar-refractivity contribution >= 4 is 89.0 Å². The summed E-state index contributed by atoms with van der Waals surface area (Å²) >= 11 is 0.789. The van der Waals surface area contributed by atoms with Crippen LogP contribution in [0.1, 0.15) is 118 Å². The molecule has 106 heavy (non-hydrogen) atoms. The lowest BCUT2D eigenvalue weighted by Crippen LogP contribution is -2.62. The number of rotatable bonds is 41. The smallest absolute Gasteiger partial charge is 0.325 e. The van der Waals surface area contributed by atoms with E-state index >= 15 is 14.4 Å². The Morgan fingerprint density at radius 1 is 0.434 bits per heavy atom. The molecular formula is C77H110N12O16S. The minimum atomic E-state index is -1.75. The van der Waals surface area contributed by atoms with Gasteiger partial charge in [-0.15, -0.1) is 0 Å². The van der Waals surface area contributed by atoms with Crippen LogP contribution in [-0.2, 0) is 91.5 Å². The number of aliphatic hydroxyl groups is 1. The Balaban J connectivity index is 1.65. The summed E-state index contributed by atoms with van der Waals surface area (Å²) in [5.41, 5.74) is 8.35. The maximum atomic E-state index is 15.1. The van der Waals surface area contributed by atoms with E-state index in [1.165, 1.54) is 65.8 Å². The molecule has 12 atom stereocenters. The molecule has 4 rings (SSSR count). The molecule has 11 amide bonds. The first kappa shape index (κ1) is 88.7. The number of amides is 11. The number of nitrogens with two attached hydrogens (primary N) is 1. The van der Waals surface area contributed by atoms with Gasteiger partial charge in [-0.2, -0.15) is 0 Å². The highest BCUT2D eigenvalue weighted by Gasteiger charge is 2.43. The molecule has 580 valence electrons. The minimum absolute atomic E-state index is 0.0546. The van der Waals surface area contributed by atoms with Crippen molar-refractivity contribution in [3.8, 4) is 0 Å². The van der Waals surface area contributed by atoms with Crippen LogP contribution >= 0.6 is 12.0 Å². The minimum Gasteiger partial charge on any atom is -0.480 e. The van der Waals surface area contributed by atoms with E-state index in [1.807, 2.05) is 45.9 Å². The molecule has 0 bridgehead atoms. The third-order valence-electron chi connectivity index (χ3n) is 18.1. The lowest BCUT2D eigenvalue weighted by Gasteiger charge is -2.37. The van der Waals surface area contributed by atoms with Crippen molar-refractivity contribution < 1.29 is 76.7 Å². The fourth-order valence-corrected chi connectivity index (χ4v) is 12.4. The van der Waals surface area contributed by atoms with Crippen LogP contribution < -0.4 is 37.6 Å². The van der Waals surface area contributed by atoms with Crippen LogP contribution in [0.2, 0.25) is 0 Å². The molecule has 0 aliphatic rings. The zero-order chi connectivity index (χ0) is 79.4. The van der Waals surface area contributed by atoms with Gasteiger partial charge in [0, 0.05) is 54.5 Å². The molecule has 28 nitrogen and oxygen atoms in total. The SMILES string of the molecule is CC(C)C[C@@H](C(=O)N(C)[C@H](C(=O)N[C@@H](Cc1ccccc1)C(=O)N[C@@H](CC(=O)OSCc1ccccc1)C(=O)N(C)[C@@H](Cc1ccccc1)C(=O)N[C@@H](C)C(=O)O)C(C)C)N(C)C(=O)CNC(=O)[C@H](Cc1ccccc1)N(C)C(=O)[C@@H](NC(=O)[C@H](CC(C)C)N(C)C(=O)[C@@H](NC(=O)[C@H](C)N)C(C)C)[C@@H](C)O. The van der Waals surface area contributed by atoms with E-state index in [4.69, 9.17) is 9.92 Å². The molecule has 10 N–H and O–H groups in total. The van der Waals surface area contributed by atoms with Gasteiger partial charge in [-0.05, 0) is 79.5 Å². The van der Waals surface area contributed by atoms with Crippen LogP contribution in [0.15, 0.2) is 121 Å². The van der Waals surface area contributed by atoms with Crippen LogP contribution in [0, 0.1) is 23.7 Å². The van der Waals surface area contributed by atoms with Crippen molar-refractivity contribution in [1.82, 2.24) is 56.4 Å². The lowest BCUT2D eigenvalue weighted by molar-refractivity contribution is -0.150. The van der Waals surface area contributed by atoms with Crippen molar-refractivity contribution in [3.63, 3.8) is 0 Å². The summed E-state index contributed by atoms with van der Waals surface area (Å²) in [5, 5.41) is 36.7. The quantitative estimate of drug-likeness (QED) is 0.0287. The first-order chi connectivity index (χ1) is 49.9. The monoisotopic (exact) mass is 1490 g/mol. The Morgan fingerprint density at radius 3 is 1.32 bits per heavy atom. The predicted molar refractivity (Wildman–Crippen MR) is 402 cm³/mol. The van der Waals surface area contributed by atoms with Crippen LogP contribution in [0.25, 0.3) is 0 Å². The van der Waals surface area contributed by atoms with E-state index in [0.29, 0.717) is 16.7 Å². The molecule has 4 aromatic carbocycles. The number of carboxylic acid groups (broad SMARTS) is 1. The highest BCUT2D eigenvalue weighted by molar-refractivity contribution is 7.94. The maximum Gasteiger partial charge on any atom is 0.325 e. The average molecular weight is 1490 g/mol. The number of nitrogens with zero attached hydrogens (tertiary/aromatic N) is 5. The van der Waals surface area contributed by atoms with Crippen LogP contribution in [0.4, 0.5) is 0 Å². The number of benzene rings is 4. The number of carbonyl (C=O) groups is 13. The number of nitrogens with one attached hydrogen (secondary N) is 6. The predicted octanol–water partition coefficient (Wildman–Crippen LogP) is 3.41. The molecule has 0 heterocycles. The van der Waals surface area contributed by atoms with Crippen molar-refractivity contribution in [3.05, 3.63) is 144 Å². The Labute approximate surface area is 627 Å². The van der Waals surface area contributed by atoms with Crippen LogP contribution in [-0.4, -0.2) is 226 Å². The number of carbonyl (C=O) groups excluding carboxylic acids is 12. The zero-order valence-corrected chi connectivity index (χ0v) is 64.6. The molecule has 0 aliphatic carbocycles. The van der Waals surface area contributed by atoms with Gasteiger partial charge < -0.3 is 76.5 Å². The normalized spacial score (nSPS) is 14.7. The van der Waals surface area contributed by atoms with E-state index in [0.717, 1.165) is 32.3 Å². The largest absolute Gasteiger partial charge is 0.480 e. The summed E-state index contributed by atoms with van der Waals surface area (Å²) in [6.45, 7) is 17.3. The highest BCUT2D eigenvalue weighted by atomic mass is 32.2. The van der Waals surface area contributed by atoms with Gasteiger partial charge in [-0.3, -0.25) is 62.3 Å². The third-order valence-corrected chi connectivity index (χ3v) is 18.8. The Hall–Kier alpha value is -9.74. The Bertz CT molecular complexity index is 3590. The molecular weight excluding hydrogens is 1380 g/mol. The van der Waals surface area contributed by atoms with Crippen molar-refractivity contribution in [2.45, 2.75) is 193 Å². The summed E-state index contributed by atoms with van der Waals surface area (Å²) in [4.78, 5) is 191. The average Bonchev–Trinajstić information content (AvgIpc) is 0.827. The van der Waals surface area contributed by atoms with E-state index in [1.54, 1.807) is 131 Å². The second-order valence-corrected chi connectivity index (χ2v) is 29.1. The lowest BCUT2D eigenvalue weighted by atomic mass is 9.96. The molecule has 0 saturated carbocycles. The van der Waals surface area contributed by atoms with Crippen LogP contribution in [0.3, 0.4) is 0 Å². The number of hydrogen-bond acceptors (Lipinski definition) is 17. The zero-order valence-electron chi connectivity index (χ0n) is 63.8.